The molecule has 1 aliphatic rings. The molecule has 0 bridgehead atoms. The summed E-state index contributed by atoms with van der Waals surface area (Å²) in [5, 5.41) is 4.18. The van der Waals surface area contributed by atoms with E-state index in [1.807, 2.05) is 25.2 Å². The average molecular weight is 283 g/mol. The Kier molecular flexibility index (Phi) is 5.64. The van der Waals surface area contributed by atoms with Crippen molar-refractivity contribution in [3.8, 4) is 0 Å². The molecule has 0 amide bonds. The lowest BCUT2D eigenvalue weighted by Crippen LogP contribution is -2.42. The number of halogens is 1. The van der Waals surface area contributed by atoms with Gasteiger partial charge in [0.1, 0.15) is 0 Å². The van der Waals surface area contributed by atoms with E-state index < -0.39 is 0 Å². The first-order valence-electron chi connectivity index (χ1n) is 6.95. The fourth-order valence-corrected chi connectivity index (χ4v) is 2.81. The van der Waals surface area contributed by atoms with E-state index in [-0.39, 0.29) is 0 Å². The molecule has 2 unspecified atom stereocenters. The lowest BCUT2D eigenvalue weighted by Gasteiger charge is -2.32. The molecule has 3 nitrogen and oxygen atoms in total. The van der Waals surface area contributed by atoms with E-state index in [1.165, 1.54) is 5.56 Å². The van der Waals surface area contributed by atoms with Crippen LogP contribution in [0.2, 0.25) is 5.02 Å². The molecule has 1 heterocycles. The first-order chi connectivity index (χ1) is 9.19. The summed E-state index contributed by atoms with van der Waals surface area (Å²) >= 11 is 6.06. The summed E-state index contributed by atoms with van der Waals surface area (Å²) in [4.78, 5) is 2.48. The van der Waals surface area contributed by atoms with Gasteiger partial charge in [-0.15, -0.1) is 0 Å². The normalized spacial score (nSPS) is 22.4. The molecule has 1 saturated heterocycles. The Morgan fingerprint density at radius 1 is 1.53 bits per heavy atom. The molecule has 1 N–H and O–H groups in total. The van der Waals surface area contributed by atoms with Crippen molar-refractivity contribution in [2.24, 2.45) is 0 Å². The number of benzene rings is 1. The molecule has 106 valence electrons. The summed E-state index contributed by atoms with van der Waals surface area (Å²) in [6, 6.07) is 8.47. The summed E-state index contributed by atoms with van der Waals surface area (Å²) in [5.74, 6) is 0. The maximum Gasteiger partial charge on any atom is 0.0674 e. The van der Waals surface area contributed by atoms with Gasteiger partial charge in [0.15, 0.2) is 0 Å². The predicted octanol–water partition coefficient (Wildman–Crippen LogP) is 2.71. The number of hydrogen-bond donors (Lipinski definition) is 1. The van der Waals surface area contributed by atoms with Gasteiger partial charge >= 0.3 is 0 Å². The van der Waals surface area contributed by atoms with Crippen LogP contribution in [0.5, 0.6) is 0 Å². The van der Waals surface area contributed by atoms with Crippen molar-refractivity contribution >= 4 is 11.6 Å². The van der Waals surface area contributed by atoms with Crippen LogP contribution in [0.1, 0.15) is 24.9 Å². The molecule has 2 rings (SSSR count). The number of ether oxygens (including phenoxy) is 1. The number of rotatable bonds is 5. The van der Waals surface area contributed by atoms with Crippen LogP contribution in [0.15, 0.2) is 24.3 Å². The minimum absolute atomic E-state index is 0.355. The van der Waals surface area contributed by atoms with Gasteiger partial charge in [0.2, 0.25) is 0 Å². The number of nitrogens with one attached hydrogen (secondary N) is 1. The number of morpholine rings is 1. The van der Waals surface area contributed by atoms with E-state index in [1.54, 1.807) is 0 Å². The van der Waals surface area contributed by atoms with Crippen LogP contribution in [-0.2, 0) is 4.74 Å². The van der Waals surface area contributed by atoms with Gasteiger partial charge < -0.3 is 10.1 Å². The third kappa shape index (κ3) is 4.46. The molecule has 1 fully saturated rings. The molecule has 0 radical (unpaired) electrons. The first kappa shape index (κ1) is 14.8. The van der Waals surface area contributed by atoms with Crippen molar-refractivity contribution in [3.63, 3.8) is 0 Å². The highest BCUT2D eigenvalue weighted by Crippen LogP contribution is 2.21. The molecule has 0 saturated carbocycles. The molecule has 4 heteroatoms. The zero-order valence-electron chi connectivity index (χ0n) is 11.7. The second kappa shape index (κ2) is 7.25. The Morgan fingerprint density at radius 2 is 2.37 bits per heavy atom. The highest BCUT2D eigenvalue weighted by Gasteiger charge is 2.18. The van der Waals surface area contributed by atoms with Crippen molar-refractivity contribution in [3.05, 3.63) is 34.9 Å². The fourth-order valence-electron chi connectivity index (χ4n) is 2.61. The smallest absolute Gasteiger partial charge is 0.0674 e. The van der Waals surface area contributed by atoms with Crippen molar-refractivity contribution in [2.75, 3.05) is 33.3 Å². The maximum absolute atomic E-state index is 6.06. The second-order valence-corrected chi connectivity index (χ2v) is 5.60. The van der Waals surface area contributed by atoms with Gasteiger partial charge in [-0.05, 0) is 38.1 Å². The largest absolute Gasteiger partial charge is 0.376 e. The average Bonchev–Trinajstić information content (AvgIpc) is 2.40. The van der Waals surface area contributed by atoms with Crippen LogP contribution in [0.25, 0.3) is 0 Å². The second-order valence-electron chi connectivity index (χ2n) is 5.17. The molecular formula is C15H23ClN2O. The minimum atomic E-state index is 0.355. The summed E-state index contributed by atoms with van der Waals surface area (Å²) < 4.78 is 5.57. The van der Waals surface area contributed by atoms with Crippen LogP contribution < -0.4 is 5.32 Å². The summed E-state index contributed by atoms with van der Waals surface area (Å²) in [6.45, 7) is 6.15. The topological polar surface area (TPSA) is 24.5 Å². The molecule has 1 aromatic carbocycles. The monoisotopic (exact) mass is 282 g/mol. The Morgan fingerprint density at radius 3 is 3.05 bits per heavy atom. The molecule has 1 aromatic rings. The number of hydrogen-bond acceptors (Lipinski definition) is 3. The summed E-state index contributed by atoms with van der Waals surface area (Å²) in [6.07, 6.45) is 1.44. The highest BCUT2D eigenvalue weighted by atomic mass is 35.5. The molecule has 2 atom stereocenters. The third-order valence-corrected chi connectivity index (χ3v) is 3.89. The van der Waals surface area contributed by atoms with Crippen LogP contribution in [0.4, 0.5) is 0 Å². The highest BCUT2D eigenvalue weighted by molar-refractivity contribution is 6.30. The molecule has 0 aromatic heterocycles. The number of nitrogens with zero attached hydrogens (tertiary/aromatic N) is 1. The minimum Gasteiger partial charge on any atom is -0.376 e. The third-order valence-electron chi connectivity index (χ3n) is 3.66. The summed E-state index contributed by atoms with van der Waals surface area (Å²) in [5.41, 5.74) is 1.26. The lowest BCUT2D eigenvalue weighted by atomic mass is 10.0. The molecule has 1 aliphatic heterocycles. The fraction of sp³-hybridized carbons (Fsp3) is 0.600. The van der Waals surface area contributed by atoms with E-state index in [0.717, 1.165) is 37.7 Å². The quantitative estimate of drug-likeness (QED) is 0.899. The van der Waals surface area contributed by atoms with Crippen LogP contribution in [-0.4, -0.2) is 44.3 Å². The van der Waals surface area contributed by atoms with E-state index >= 15 is 0 Å². The van der Waals surface area contributed by atoms with E-state index in [0.29, 0.717) is 12.1 Å². The Labute approximate surface area is 120 Å². The first-order valence-corrected chi connectivity index (χ1v) is 7.33. The zero-order valence-corrected chi connectivity index (χ0v) is 12.5. The van der Waals surface area contributed by atoms with Crippen LogP contribution in [0, 0.1) is 0 Å². The van der Waals surface area contributed by atoms with Gasteiger partial charge in [0.05, 0.1) is 12.7 Å². The standard InChI is InChI=1S/C15H23ClN2O/c1-12-11-18(8-9-19-12)7-6-15(17-2)13-4-3-5-14(16)10-13/h3-5,10,12,15,17H,6-9,11H2,1-2H3. The van der Waals surface area contributed by atoms with Gasteiger partial charge in [-0.2, -0.15) is 0 Å². The molecule has 0 aliphatic carbocycles. The Balaban J connectivity index is 1.89. The summed E-state index contributed by atoms with van der Waals surface area (Å²) in [7, 11) is 2.01. The van der Waals surface area contributed by atoms with Gasteiger partial charge in [-0.1, -0.05) is 23.7 Å². The van der Waals surface area contributed by atoms with Crippen LogP contribution >= 0.6 is 11.6 Å². The SMILES string of the molecule is CNC(CCN1CCOC(C)C1)c1cccc(Cl)c1. The lowest BCUT2D eigenvalue weighted by molar-refractivity contribution is -0.0191. The Bertz CT molecular complexity index is 399. The van der Waals surface area contributed by atoms with E-state index in [4.69, 9.17) is 16.3 Å². The predicted molar refractivity (Wildman–Crippen MR) is 79.7 cm³/mol. The zero-order chi connectivity index (χ0) is 13.7. The van der Waals surface area contributed by atoms with Gasteiger partial charge in [-0.25, -0.2) is 0 Å². The van der Waals surface area contributed by atoms with Gasteiger partial charge in [0.25, 0.3) is 0 Å². The van der Waals surface area contributed by atoms with Gasteiger partial charge in [0, 0.05) is 30.7 Å². The Hall–Kier alpha value is -0.610. The van der Waals surface area contributed by atoms with Crippen LogP contribution in [0.3, 0.4) is 0 Å². The van der Waals surface area contributed by atoms with E-state index in [9.17, 15) is 0 Å². The van der Waals surface area contributed by atoms with E-state index in [2.05, 4.69) is 23.2 Å². The van der Waals surface area contributed by atoms with Crippen molar-refractivity contribution < 1.29 is 4.74 Å². The molecular weight excluding hydrogens is 260 g/mol. The molecule has 0 spiro atoms. The maximum atomic E-state index is 6.06. The van der Waals surface area contributed by atoms with Crippen molar-refractivity contribution in [1.29, 1.82) is 0 Å². The van der Waals surface area contributed by atoms with Crippen molar-refractivity contribution in [2.45, 2.75) is 25.5 Å². The molecule has 19 heavy (non-hydrogen) atoms. The van der Waals surface area contributed by atoms with Crippen molar-refractivity contribution in [1.82, 2.24) is 10.2 Å². The van der Waals surface area contributed by atoms with Gasteiger partial charge in [-0.3, -0.25) is 4.90 Å².